The maximum Gasteiger partial charge on any atom is 0.114 e. The molecule has 0 spiro atoms. The molecule has 1 heterocycles. The van der Waals surface area contributed by atoms with E-state index in [2.05, 4.69) is 18.0 Å². The minimum Gasteiger partial charge on any atom is -0.341 e. The van der Waals surface area contributed by atoms with E-state index in [1.54, 1.807) is 0 Å². The third-order valence-electron chi connectivity index (χ3n) is 4.21. The maximum absolute atomic E-state index is 6.31. The average molecular weight is 229 g/mol. The number of nitrogens with one attached hydrogen (secondary N) is 1. The van der Waals surface area contributed by atoms with Crippen molar-refractivity contribution in [2.45, 2.75) is 44.1 Å². The van der Waals surface area contributed by atoms with Crippen LogP contribution in [0.25, 0.3) is 11.0 Å². The Balaban J connectivity index is 2.07. The smallest absolute Gasteiger partial charge is 0.114 e. The van der Waals surface area contributed by atoms with Crippen molar-refractivity contribution in [1.29, 1.82) is 0 Å². The minimum absolute atomic E-state index is 0.0112. The quantitative estimate of drug-likeness (QED) is 0.790. The van der Waals surface area contributed by atoms with Gasteiger partial charge < -0.3 is 10.7 Å². The van der Waals surface area contributed by atoms with E-state index in [1.165, 1.54) is 12.8 Å². The highest BCUT2D eigenvalue weighted by atomic mass is 15.0. The Morgan fingerprint density at radius 1 is 1.35 bits per heavy atom. The van der Waals surface area contributed by atoms with Crippen molar-refractivity contribution in [3.63, 3.8) is 0 Å². The van der Waals surface area contributed by atoms with E-state index in [0.29, 0.717) is 0 Å². The van der Waals surface area contributed by atoms with Gasteiger partial charge in [0.05, 0.1) is 11.0 Å². The van der Waals surface area contributed by atoms with Gasteiger partial charge in [0.2, 0.25) is 0 Å². The highest BCUT2D eigenvalue weighted by molar-refractivity contribution is 5.75. The monoisotopic (exact) mass is 229 g/mol. The van der Waals surface area contributed by atoms with E-state index >= 15 is 0 Å². The van der Waals surface area contributed by atoms with Crippen molar-refractivity contribution in [3.8, 4) is 0 Å². The summed E-state index contributed by atoms with van der Waals surface area (Å²) < 4.78 is 0. The van der Waals surface area contributed by atoms with E-state index < -0.39 is 0 Å². The molecule has 0 amide bonds. The molecule has 0 saturated heterocycles. The molecular formula is C14H19N3. The van der Waals surface area contributed by atoms with Crippen LogP contribution in [0.4, 0.5) is 0 Å². The SMILES string of the molecule is CC1(c2nc3ccccc3[nH]2)CCCCC1N. The predicted octanol–water partition coefficient (Wildman–Crippen LogP) is 2.72. The summed E-state index contributed by atoms with van der Waals surface area (Å²) in [5.41, 5.74) is 8.47. The lowest BCUT2D eigenvalue weighted by Gasteiger charge is -2.37. The highest BCUT2D eigenvalue weighted by Gasteiger charge is 2.38. The molecule has 2 atom stereocenters. The van der Waals surface area contributed by atoms with Crippen LogP contribution in [-0.4, -0.2) is 16.0 Å². The van der Waals surface area contributed by atoms with E-state index in [-0.39, 0.29) is 11.5 Å². The van der Waals surface area contributed by atoms with Gasteiger partial charge in [0.25, 0.3) is 0 Å². The van der Waals surface area contributed by atoms with Crippen LogP contribution in [0.2, 0.25) is 0 Å². The first-order valence-corrected chi connectivity index (χ1v) is 6.41. The molecule has 2 unspecified atom stereocenters. The number of nitrogens with zero attached hydrogens (tertiary/aromatic N) is 1. The number of hydrogen-bond acceptors (Lipinski definition) is 2. The molecule has 1 aromatic carbocycles. The first-order chi connectivity index (χ1) is 8.20. The molecule has 3 N–H and O–H groups in total. The number of benzene rings is 1. The normalized spacial score (nSPS) is 29.6. The molecular weight excluding hydrogens is 210 g/mol. The number of para-hydroxylation sites is 2. The second kappa shape index (κ2) is 3.84. The lowest BCUT2D eigenvalue weighted by atomic mass is 9.71. The Kier molecular flexibility index (Phi) is 2.44. The van der Waals surface area contributed by atoms with Crippen molar-refractivity contribution < 1.29 is 0 Å². The Morgan fingerprint density at radius 2 is 2.18 bits per heavy atom. The fourth-order valence-electron chi connectivity index (χ4n) is 2.88. The Hall–Kier alpha value is -1.35. The van der Waals surface area contributed by atoms with Gasteiger partial charge in [-0.1, -0.05) is 31.9 Å². The summed E-state index contributed by atoms with van der Waals surface area (Å²) in [4.78, 5) is 8.17. The summed E-state index contributed by atoms with van der Waals surface area (Å²) in [5.74, 6) is 1.06. The van der Waals surface area contributed by atoms with Crippen LogP contribution in [0.1, 0.15) is 38.4 Å². The van der Waals surface area contributed by atoms with E-state index in [4.69, 9.17) is 10.7 Å². The molecule has 1 saturated carbocycles. The zero-order valence-electron chi connectivity index (χ0n) is 10.2. The molecule has 0 radical (unpaired) electrons. The maximum atomic E-state index is 6.31. The van der Waals surface area contributed by atoms with Gasteiger partial charge in [0.15, 0.2) is 0 Å². The molecule has 1 aliphatic rings. The first kappa shape index (κ1) is 10.8. The third-order valence-corrected chi connectivity index (χ3v) is 4.21. The number of fused-ring (bicyclic) bond motifs is 1. The summed E-state index contributed by atoms with van der Waals surface area (Å²) >= 11 is 0. The van der Waals surface area contributed by atoms with Gasteiger partial charge in [-0.3, -0.25) is 0 Å². The lowest BCUT2D eigenvalue weighted by molar-refractivity contribution is 0.260. The molecule has 0 bridgehead atoms. The molecule has 3 heteroatoms. The highest BCUT2D eigenvalue weighted by Crippen LogP contribution is 2.37. The fraction of sp³-hybridized carbons (Fsp3) is 0.500. The van der Waals surface area contributed by atoms with Crippen LogP contribution in [-0.2, 0) is 5.41 Å². The number of aromatic nitrogens is 2. The van der Waals surface area contributed by atoms with Gasteiger partial charge in [-0.05, 0) is 25.0 Å². The molecule has 1 aliphatic carbocycles. The summed E-state index contributed by atoms with van der Waals surface area (Å²) in [7, 11) is 0. The van der Waals surface area contributed by atoms with E-state index in [9.17, 15) is 0 Å². The summed E-state index contributed by atoms with van der Waals surface area (Å²) in [6, 6.07) is 8.40. The Labute approximate surface area is 101 Å². The van der Waals surface area contributed by atoms with Crippen molar-refractivity contribution in [2.75, 3.05) is 0 Å². The van der Waals surface area contributed by atoms with Gasteiger partial charge >= 0.3 is 0 Å². The molecule has 2 aromatic rings. The first-order valence-electron chi connectivity index (χ1n) is 6.41. The lowest BCUT2D eigenvalue weighted by Crippen LogP contribution is -2.46. The standard InChI is InChI=1S/C14H19N3/c1-14(9-5-4-8-12(14)15)13-16-10-6-2-3-7-11(10)17-13/h2-3,6-7,12H,4-5,8-9,15H2,1H3,(H,16,17). The molecule has 0 aliphatic heterocycles. The zero-order chi connectivity index (χ0) is 11.9. The van der Waals surface area contributed by atoms with Gasteiger partial charge in [-0.15, -0.1) is 0 Å². The van der Waals surface area contributed by atoms with Crippen molar-refractivity contribution in [1.82, 2.24) is 9.97 Å². The van der Waals surface area contributed by atoms with Crippen LogP contribution >= 0.6 is 0 Å². The summed E-state index contributed by atoms with van der Waals surface area (Å²) in [5, 5.41) is 0. The number of imidazole rings is 1. The number of nitrogens with two attached hydrogens (primary N) is 1. The minimum atomic E-state index is 0.0112. The van der Waals surface area contributed by atoms with Gasteiger partial charge in [0.1, 0.15) is 5.82 Å². The van der Waals surface area contributed by atoms with Gasteiger partial charge in [-0.2, -0.15) is 0 Å². The number of rotatable bonds is 1. The number of H-pyrrole nitrogens is 1. The molecule has 1 aromatic heterocycles. The molecule has 3 rings (SSSR count). The van der Waals surface area contributed by atoms with Gasteiger partial charge in [-0.25, -0.2) is 4.98 Å². The molecule has 90 valence electrons. The second-order valence-corrected chi connectivity index (χ2v) is 5.37. The van der Waals surface area contributed by atoms with Crippen molar-refractivity contribution in [2.24, 2.45) is 5.73 Å². The average Bonchev–Trinajstić information content (AvgIpc) is 2.77. The van der Waals surface area contributed by atoms with Crippen LogP contribution in [0.15, 0.2) is 24.3 Å². The van der Waals surface area contributed by atoms with Crippen molar-refractivity contribution in [3.05, 3.63) is 30.1 Å². The van der Waals surface area contributed by atoms with E-state index in [0.717, 1.165) is 29.7 Å². The van der Waals surface area contributed by atoms with Crippen LogP contribution in [0, 0.1) is 0 Å². The van der Waals surface area contributed by atoms with E-state index in [1.807, 2.05) is 18.2 Å². The Bertz CT molecular complexity index is 498. The molecule has 1 fully saturated rings. The zero-order valence-corrected chi connectivity index (χ0v) is 10.2. The van der Waals surface area contributed by atoms with Crippen molar-refractivity contribution >= 4 is 11.0 Å². The molecule has 17 heavy (non-hydrogen) atoms. The summed E-state index contributed by atoms with van der Waals surface area (Å²) in [6.07, 6.45) is 4.74. The van der Waals surface area contributed by atoms with Crippen LogP contribution < -0.4 is 5.73 Å². The third kappa shape index (κ3) is 1.65. The molecule has 3 nitrogen and oxygen atoms in total. The van der Waals surface area contributed by atoms with Crippen LogP contribution in [0.3, 0.4) is 0 Å². The number of hydrogen-bond donors (Lipinski definition) is 2. The number of aromatic amines is 1. The topological polar surface area (TPSA) is 54.7 Å². The largest absolute Gasteiger partial charge is 0.341 e. The summed E-state index contributed by atoms with van der Waals surface area (Å²) in [6.45, 7) is 2.24. The Morgan fingerprint density at radius 3 is 2.94 bits per heavy atom. The van der Waals surface area contributed by atoms with Crippen LogP contribution in [0.5, 0.6) is 0 Å². The fourth-order valence-corrected chi connectivity index (χ4v) is 2.88. The predicted molar refractivity (Wildman–Crippen MR) is 69.9 cm³/mol. The van der Waals surface area contributed by atoms with Gasteiger partial charge in [0, 0.05) is 11.5 Å². The second-order valence-electron chi connectivity index (χ2n) is 5.37.